The molecule has 0 saturated heterocycles. The van der Waals surface area contributed by atoms with Crippen molar-refractivity contribution in [2.75, 3.05) is 14.1 Å². The largest absolute Gasteiger partial charge is 0.444 e. The number of likely N-dealkylation sites (N-methyl/N-ethyl adjacent to an activating group) is 1. The lowest BCUT2D eigenvalue weighted by atomic mass is 10.0. The second kappa shape index (κ2) is 6.61. The molecule has 1 atom stereocenters. The van der Waals surface area contributed by atoms with E-state index in [4.69, 9.17) is 4.74 Å². The molecular weight excluding hydrogens is 268 g/mol. The van der Waals surface area contributed by atoms with Crippen molar-refractivity contribution in [3.8, 4) is 0 Å². The third-order valence-corrected chi connectivity index (χ3v) is 2.76. The van der Waals surface area contributed by atoms with Crippen LogP contribution in [0.1, 0.15) is 37.9 Å². The Balaban J connectivity index is 2.96. The van der Waals surface area contributed by atoms with Crippen molar-refractivity contribution in [3.63, 3.8) is 0 Å². The van der Waals surface area contributed by atoms with Gasteiger partial charge in [0.1, 0.15) is 11.6 Å². The molecule has 0 aliphatic carbocycles. The van der Waals surface area contributed by atoms with Gasteiger partial charge in [-0.25, -0.2) is 4.79 Å². The summed E-state index contributed by atoms with van der Waals surface area (Å²) in [5, 5.41) is 2.64. The molecule has 0 aliphatic rings. The van der Waals surface area contributed by atoms with E-state index in [-0.39, 0.29) is 5.91 Å². The SMILES string of the molecule is Cc1ccc(C(NC(=O)OC(C)(C)C)C(=O)N(C)C)cc1. The number of hydrogen-bond donors (Lipinski definition) is 1. The summed E-state index contributed by atoms with van der Waals surface area (Å²) in [5.74, 6) is -0.204. The number of hydrogen-bond acceptors (Lipinski definition) is 3. The topological polar surface area (TPSA) is 58.6 Å². The molecule has 0 spiro atoms. The molecule has 2 amide bonds. The maximum atomic E-state index is 12.3. The molecule has 0 heterocycles. The van der Waals surface area contributed by atoms with Gasteiger partial charge in [-0.1, -0.05) is 29.8 Å². The van der Waals surface area contributed by atoms with E-state index in [1.807, 2.05) is 31.2 Å². The van der Waals surface area contributed by atoms with Crippen molar-refractivity contribution in [3.05, 3.63) is 35.4 Å². The molecule has 0 aliphatic heterocycles. The number of benzene rings is 1. The average Bonchev–Trinajstić information content (AvgIpc) is 2.34. The molecular formula is C16H24N2O3. The van der Waals surface area contributed by atoms with Gasteiger partial charge < -0.3 is 15.0 Å². The summed E-state index contributed by atoms with van der Waals surface area (Å²) in [4.78, 5) is 25.7. The van der Waals surface area contributed by atoms with Crippen LogP contribution >= 0.6 is 0 Å². The number of aryl methyl sites for hydroxylation is 1. The van der Waals surface area contributed by atoms with Crippen LogP contribution in [0.15, 0.2) is 24.3 Å². The number of carbonyl (C=O) groups is 2. The minimum Gasteiger partial charge on any atom is -0.444 e. The fourth-order valence-electron chi connectivity index (χ4n) is 1.73. The Morgan fingerprint density at radius 3 is 2.10 bits per heavy atom. The Labute approximate surface area is 126 Å². The van der Waals surface area contributed by atoms with Gasteiger partial charge >= 0.3 is 6.09 Å². The second-order valence-electron chi connectivity index (χ2n) is 6.22. The maximum absolute atomic E-state index is 12.3. The van der Waals surface area contributed by atoms with Crippen molar-refractivity contribution < 1.29 is 14.3 Å². The Bertz CT molecular complexity index is 501. The zero-order valence-electron chi connectivity index (χ0n) is 13.6. The summed E-state index contributed by atoms with van der Waals surface area (Å²) in [6.07, 6.45) is -0.608. The third-order valence-electron chi connectivity index (χ3n) is 2.76. The molecule has 116 valence electrons. The summed E-state index contributed by atoms with van der Waals surface area (Å²) in [5.41, 5.74) is 1.21. The Kier molecular flexibility index (Phi) is 5.35. The van der Waals surface area contributed by atoms with E-state index >= 15 is 0 Å². The van der Waals surface area contributed by atoms with Gasteiger partial charge in [0.25, 0.3) is 0 Å². The van der Waals surface area contributed by atoms with Crippen LogP contribution in [-0.4, -0.2) is 36.6 Å². The number of alkyl carbamates (subject to hydrolysis) is 1. The van der Waals surface area contributed by atoms with E-state index in [2.05, 4.69) is 5.32 Å². The van der Waals surface area contributed by atoms with E-state index in [0.717, 1.165) is 11.1 Å². The average molecular weight is 292 g/mol. The fraction of sp³-hybridized carbons (Fsp3) is 0.500. The minimum absolute atomic E-state index is 0.204. The Morgan fingerprint density at radius 2 is 1.67 bits per heavy atom. The number of nitrogens with one attached hydrogen (secondary N) is 1. The zero-order chi connectivity index (χ0) is 16.2. The van der Waals surface area contributed by atoms with Crippen molar-refractivity contribution in [2.24, 2.45) is 0 Å². The van der Waals surface area contributed by atoms with Crippen LogP contribution in [0.5, 0.6) is 0 Å². The zero-order valence-corrected chi connectivity index (χ0v) is 13.6. The first-order valence-corrected chi connectivity index (χ1v) is 6.87. The molecule has 1 N–H and O–H groups in total. The third kappa shape index (κ3) is 5.45. The first-order chi connectivity index (χ1) is 9.60. The summed E-state index contributed by atoms with van der Waals surface area (Å²) in [6, 6.07) is 6.72. The van der Waals surface area contributed by atoms with Crippen LogP contribution < -0.4 is 5.32 Å². The van der Waals surface area contributed by atoms with E-state index in [9.17, 15) is 9.59 Å². The van der Waals surface area contributed by atoms with Gasteiger partial charge in [0.15, 0.2) is 0 Å². The smallest absolute Gasteiger partial charge is 0.408 e. The fourth-order valence-corrected chi connectivity index (χ4v) is 1.73. The number of amides is 2. The Morgan fingerprint density at radius 1 is 1.14 bits per heavy atom. The van der Waals surface area contributed by atoms with Gasteiger partial charge in [-0.05, 0) is 33.3 Å². The highest BCUT2D eigenvalue weighted by molar-refractivity contribution is 5.86. The summed E-state index contributed by atoms with van der Waals surface area (Å²) < 4.78 is 5.22. The number of rotatable bonds is 3. The highest BCUT2D eigenvalue weighted by Gasteiger charge is 2.26. The van der Waals surface area contributed by atoms with Gasteiger partial charge in [0.2, 0.25) is 5.91 Å². The van der Waals surface area contributed by atoms with Crippen LogP contribution in [0.25, 0.3) is 0 Å². The van der Waals surface area contributed by atoms with Crippen molar-refractivity contribution >= 4 is 12.0 Å². The first-order valence-electron chi connectivity index (χ1n) is 6.87. The maximum Gasteiger partial charge on any atom is 0.408 e. The lowest BCUT2D eigenvalue weighted by Crippen LogP contribution is -2.42. The van der Waals surface area contributed by atoms with Crippen LogP contribution in [0, 0.1) is 6.92 Å². The number of ether oxygens (including phenoxy) is 1. The summed E-state index contributed by atoms with van der Waals surface area (Å²) in [7, 11) is 3.31. The minimum atomic E-state index is -0.754. The molecule has 1 unspecified atom stereocenters. The van der Waals surface area contributed by atoms with E-state index in [0.29, 0.717) is 0 Å². The highest BCUT2D eigenvalue weighted by atomic mass is 16.6. The quantitative estimate of drug-likeness (QED) is 0.931. The molecule has 1 aromatic rings. The molecule has 1 rings (SSSR count). The van der Waals surface area contributed by atoms with Crippen molar-refractivity contribution in [1.82, 2.24) is 10.2 Å². The number of nitrogens with zero attached hydrogens (tertiary/aromatic N) is 1. The van der Waals surface area contributed by atoms with Gasteiger partial charge in [-0.3, -0.25) is 4.79 Å². The van der Waals surface area contributed by atoms with E-state index in [1.54, 1.807) is 34.9 Å². The number of carbonyl (C=O) groups excluding carboxylic acids is 2. The predicted molar refractivity (Wildman–Crippen MR) is 82.0 cm³/mol. The van der Waals surface area contributed by atoms with Crippen LogP contribution in [-0.2, 0) is 9.53 Å². The molecule has 5 heteroatoms. The normalized spacial score (nSPS) is 12.5. The standard InChI is InChI=1S/C16H24N2O3/c1-11-7-9-12(10-8-11)13(14(19)18(5)6)17-15(20)21-16(2,3)4/h7-10,13H,1-6H3,(H,17,20). The molecule has 0 fully saturated rings. The molecule has 21 heavy (non-hydrogen) atoms. The molecule has 0 saturated carbocycles. The van der Waals surface area contributed by atoms with Crippen molar-refractivity contribution in [2.45, 2.75) is 39.3 Å². The second-order valence-corrected chi connectivity index (χ2v) is 6.22. The van der Waals surface area contributed by atoms with Crippen LogP contribution in [0.3, 0.4) is 0 Å². The van der Waals surface area contributed by atoms with Gasteiger partial charge in [0.05, 0.1) is 0 Å². The van der Waals surface area contributed by atoms with Crippen LogP contribution in [0.2, 0.25) is 0 Å². The lowest BCUT2D eigenvalue weighted by molar-refractivity contribution is -0.131. The van der Waals surface area contributed by atoms with Crippen LogP contribution in [0.4, 0.5) is 4.79 Å². The Hall–Kier alpha value is -2.04. The van der Waals surface area contributed by atoms with Crippen molar-refractivity contribution in [1.29, 1.82) is 0 Å². The monoisotopic (exact) mass is 292 g/mol. The molecule has 0 radical (unpaired) electrons. The van der Waals surface area contributed by atoms with E-state index in [1.165, 1.54) is 4.90 Å². The first kappa shape index (κ1) is 17.0. The molecule has 0 bridgehead atoms. The molecule has 5 nitrogen and oxygen atoms in total. The summed E-state index contributed by atoms with van der Waals surface area (Å²) in [6.45, 7) is 7.30. The van der Waals surface area contributed by atoms with Gasteiger partial charge in [0, 0.05) is 14.1 Å². The lowest BCUT2D eigenvalue weighted by Gasteiger charge is -2.25. The highest BCUT2D eigenvalue weighted by Crippen LogP contribution is 2.17. The predicted octanol–water partition coefficient (Wildman–Crippen LogP) is 2.65. The molecule has 0 aromatic heterocycles. The summed E-state index contributed by atoms with van der Waals surface area (Å²) >= 11 is 0. The van der Waals surface area contributed by atoms with Gasteiger partial charge in [-0.2, -0.15) is 0 Å². The molecule has 1 aromatic carbocycles. The van der Waals surface area contributed by atoms with Gasteiger partial charge in [-0.15, -0.1) is 0 Å². The van der Waals surface area contributed by atoms with E-state index < -0.39 is 17.7 Å².